The van der Waals surface area contributed by atoms with Gasteiger partial charge in [0.15, 0.2) is 0 Å². The third kappa shape index (κ3) is 8.05. The first-order valence-electron chi connectivity index (χ1n) is 13.1. The highest BCUT2D eigenvalue weighted by Crippen LogP contribution is 2.29. The predicted molar refractivity (Wildman–Crippen MR) is 145 cm³/mol. The highest BCUT2D eigenvalue weighted by Gasteiger charge is 2.30. The first kappa shape index (κ1) is 28.1. The third-order valence-electron chi connectivity index (χ3n) is 6.97. The van der Waals surface area contributed by atoms with Crippen molar-refractivity contribution in [3.05, 3.63) is 71.3 Å². The zero-order valence-electron chi connectivity index (χ0n) is 22.1. The van der Waals surface area contributed by atoms with Crippen LogP contribution in [0.15, 0.2) is 54.6 Å². The van der Waals surface area contributed by atoms with Crippen LogP contribution in [0.2, 0.25) is 0 Å². The molecule has 1 aliphatic carbocycles. The van der Waals surface area contributed by atoms with Crippen LogP contribution in [0.3, 0.4) is 0 Å². The highest BCUT2D eigenvalue weighted by atomic mass is 19.4. The van der Waals surface area contributed by atoms with Crippen molar-refractivity contribution < 1.29 is 18.0 Å². The average Bonchev–Trinajstić information content (AvgIpc) is 2.95. The average molecular weight is 542 g/mol. The summed E-state index contributed by atoms with van der Waals surface area (Å²) < 4.78 is 38.2. The number of nitrogens with zero attached hydrogens (tertiary/aromatic N) is 3. The first-order valence-corrected chi connectivity index (χ1v) is 13.1. The lowest BCUT2D eigenvalue weighted by Gasteiger charge is -2.28. The van der Waals surface area contributed by atoms with Crippen molar-refractivity contribution in [2.45, 2.75) is 57.3 Å². The Labute approximate surface area is 226 Å². The monoisotopic (exact) mass is 541 g/mol. The summed E-state index contributed by atoms with van der Waals surface area (Å²) in [6.45, 7) is 3.01. The van der Waals surface area contributed by atoms with E-state index in [0.717, 1.165) is 25.0 Å². The molecule has 1 unspecified atom stereocenters. The highest BCUT2D eigenvalue weighted by molar-refractivity contribution is 5.78. The van der Waals surface area contributed by atoms with Crippen LogP contribution in [0, 0.1) is 5.92 Å². The van der Waals surface area contributed by atoms with E-state index >= 15 is 0 Å². The number of halogens is 3. The molecule has 0 saturated heterocycles. The van der Waals surface area contributed by atoms with Gasteiger partial charge in [-0.3, -0.25) is 4.79 Å². The van der Waals surface area contributed by atoms with Crippen LogP contribution in [-0.4, -0.2) is 40.5 Å². The van der Waals surface area contributed by atoms with Gasteiger partial charge in [0.05, 0.1) is 5.56 Å². The molecular formula is C28H34F3N7O. The Balaban J connectivity index is 1.25. The molecule has 3 aromatic rings. The summed E-state index contributed by atoms with van der Waals surface area (Å²) in [4.78, 5) is 26.1. The van der Waals surface area contributed by atoms with Crippen LogP contribution < -0.4 is 21.3 Å². The van der Waals surface area contributed by atoms with Crippen molar-refractivity contribution >= 4 is 23.8 Å². The van der Waals surface area contributed by atoms with Gasteiger partial charge in [0.2, 0.25) is 23.8 Å². The van der Waals surface area contributed by atoms with Gasteiger partial charge in [-0.1, -0.05) is 49.4 Å². The fraction of sp³-hybridized carbons (Fsp3) is 0.429. The zero-order chi connectivity index (χ0) is 27.8. The fourth-order valence-corrected chi connectivity index (χ4v) is 4.60. The first-order chi connectivity index (χ1) is 18.7. The Morgan fingerprint density at radius 3 is 2.21 bits per heavy atom. The van der Waals surface area contributed by atoms with Crippen LogP contribution in [-0.2, 0) is 17.5 Å². The van der Waals surface area contributed by atoms with Gasteiger partial charge < -0.3 is 21.3 Å². The maximum absolute atomic E-state index is 12.7. The number of nitrogens with one attached hydrogen (secondary N) is 4. The minimum Gasteiger partial charge on any atom is -0.357 e. The van der Waals surface area contributed by atoms with E-state index < -0.39 is 11.7 Å². The number of hydrogen-bond donors (Lipinski definition) is 4. The van der Waals surface area contributed by atoms with Crippen LogP contribution in [0.5, 0.6) is 0 Å². The summed E-state index contributed by atoms with van der Waals surface area (Å²) in [7, 11) is 1.75. The topological polar surface area (TPSA) is 104 Å². The third-order valence-corrected chi connectivity index (χ3v) is 6.97. The number of alkyl halides is 3. The number of aromatic nitrogens is 3. The number of anilines is 3. The molecule has 1 heterocycles. The van der Waals surface area contributed by atoms with Crippen molar-refractivity contribution in [3.63, 3.8) is 0 Å². The number of carbonyl (C=O) groups is 1. The lowest BCUT2D eigenvalue weighted by Crippen LogP contribution is -2.36. The van der Waals surface area contributed by atoms with Crippen LogP contribution in [0.25, 0.3) is 0 Å². The van der Waals surface area contributed by atoms with Gasteiger partial charge in [-0.15, -0.1) is 0 Å². The second kappa shape index (κ2) is 12.8. The van der Waals surface area contributed by atoms with Gasteiger partial charge >= 0.3 is 6.18 Å². The SMILES string of the molecule is CNc1nc(NCC(C)c2ccccc2)nc(NC2CCC(C(=O)NCc3ccc(C(F)(F)F)cc3)CC2)n1. The molecule has 39 heavy (non-hydrogen) atoms. The molecule has 1 aromatic heterocycles. The van der Waals surface area contributed by atoms with E-state index in [-0.39, 0.29) is 30.3 Å². The van der Waals surface area contributed by atoms with E-state index in [1.165, 1.54) is 17.7 Å². The van der Waals surface area contributed by atoms with Gasteiger partial charge in [-0.05, 0) is 54.9 Å². The smallest absolute Gasteiger partial charge is 0.357 e. The molecule has 11 heteroatoms. The molecule has 1 aliphatic rings. The van der Waals surface area contributed by atoms with E-state index in [4.69, 9.17) is 0 Å². The number of benzene rings is 2. The summed E-state index contributed by atoms with van der Waals surface area (Å²) >= 11 is 0. The Morgan fingerprint density at radius 1 is 0.923 bits per heavy atom. The number of hydrogen-bond acceptors (Lipinski definition) is 7. The van der Waals surface area contributed by atoms with Crippen LogP contribution >= 0.6 is 0 Å². The molecule has 0 spiro atoms. The largest absolute Gasteiger partial charge is 0.416 e. The molecule has 208 valence electrons. The molecular weight excluding hydrogens is 507 g/mol. The van der Waals surface area contributed by atoms with Crippen molar-refractivity contribution in [2.24, 2.45) is 5.92 Å². The van der Waals surface area contributed by atoms with E-state index in [9.17, 15) is 18.0 Å². The van der Waals surface area contributed by atoms with Crippen LogP contribution in [0.4, 0.5) is 31.0 Å². The number of rotatable bonds is 10. The Bertz CT molecular complexity index is 1210. The maximum atomic E-state index is 12.7. The molecule has 1 atom stereocenters. The normalized spacial score (nSPS) is 18.2. The zero-order valence-corrected chi connectivity index (χ0v) is 22.1. The predicted octanol–water partition coefficient (Wildman–Crippen LogP) is 5.43. The lowest BCUT2D eigenvalue weighted by molar-refractivity contribution is -0.137. The maximum Gasteiger partial charge on any atom is 0.416 e. The van der Waals surface area contributed by atoms with Gasteiger partial charge in [0.1, 0.15) is 0 Å². The molecule has 2 aromatic carbocycles. The standard InChI is InChI=1S/C28H34F3N7O/c1-18(20-6-4-3-5-7-20)16-34-26-36-25(32-2)37-27(38-26)35-23-14-10-21(11-15-23)24(39)33-17-19-8-12-22(13-9-19)28(29,30)31/h3-9,12-13,18,21,23H,10-11,14-17H2,1-2H3,(H,33,39)(H3,32,34,35,36,37,38). The minimum atomic E-state index is -4.37. The quantitative estimate of drug-likeness (QED) is 0.271. The summed E-state index contributed by atoms with van der Waals surface area (Å²) in [6, 6.07) is 15.2. The van der Waals surface area contributed by atoms with E-state index in [2.05, 4.69) is 55.3 Å². The van der Waals surface area contributed by atoms with Gasteiger partial charge in [0, 0.05) is 32.1 Å². The Hall–Kier alpha value is -3.89. The van der Waals surface area contributed by atoms with E-state index in [1.807, 2.05) is 18.2 Å². The van der Waals surface area contributed by atoms with E-state index in [1.54, 1.807) is 7.05 Å². The second-order valence-electron chi connectivity index (χ2n) is 9.85. The van der Waals surface area contributed by atoms with E-state index in [0.29, 0.717) is 42.8 Å². The summed E-state index contributed by atoms with van der Waals surface area (Å²) in [5, 5.41) is 12.5. The summed E-state index contributed by atoms with van der Waals surface area (Å²) in [5.41, 5.74) is 1.16. The minimum absolute atomic E-state index is 0.0787. The molecule has 1 fully saturated rings. The Kier molecular flexibility index (Phi) is 9.21. The molecule has 1 amide bonds. The molecule has 0 radical (unpaired) electrons. The van der Waals surface area contributed by atoms with Crippen molar-refractivity contribution in [3.8, 4) is 0 Å². The van der Waals surface area contributed by atoms with Crippen molar-refractivity contribution in [2.75, 3.05) is 29.5 Å². The molecule has 4 rings (SSSR count). The molecule has 0 aliphatic heterocycles. The van der Waals surface area contributed by atoms with Gasteiger partial charge in [0.25, 0.3) is 0 Å². The van der Waals surface area contributed by atoms with Gasteiger partial charge in [-0.25, -0.2) is 0 Å². The fourth-order valence-electron chi connectivity index (χ4n) is 4.60. The summed E-state index contributed by atoms with van der Waals surface area (Å²) in [6.07, 6.45) is -1.44. The Morgan fingerprint density at radius 2 is 1.56 bits per heavy atom. The summed E-state index contributed by atoms with van der Waals surface area (Å²) in [5.74, 6) is 1.47. The molecule has 0 bridgehead atoms. The molecule has 1 saturated carbocycles. The number of amides is 1. The molecule has 8 nitrogen and oxygen atoms in total. The second-order valence-corrected chi connectivity index (χ2v) is 9.85. The number of carbonyl (C=O) groups excluding carboxylic acids is 1. The van der Waals surface area contributed by atoms with Gasteiger partial charge in [-0.2, -0.15) is 28.1 Å². The van der Waals surface area contributed by atoms with Crippen molar-refractivity contribution in [1.82, 2.24) is 20.3 Å². The lowest BCUT2D eigenvalue weighted by atomic mass is 9.85. The van der Waals surface area contributed by atoms with Crippen molar-refractivity contribution in [1.29, 1.82) is 0 Å². The van der Waals surface area contributed by atoms with Crippen LogP contribution in [0.1, 0.15) is 55.2 Å². The molecule has 4 N–H and O–H groups in total.